The summed E-state index contributed by atoms with van der Waals surface area (Å²) in [5, 5.41) is 10.9. The van der Waals surface area contributed by atoms with Crippen molar-refractivity contribution in [2.24, 2.45) is 11.7 Å². The smallest absolute Gasteiger partial charge is 0.273 e. The minimum Gasteiger partial charge on any atom is -0.344 e. The first-order valence-corrected chi connectivity index (χ1v) is 7.37. The number of amides is 1. The summed E-state index contributed by atoms with van der Waals surface area (Å²) in [6.07, 6.45) is 1.63. The second-order valence-electron chi connectivity index (χ2n) is 6.12. The number of nitrogens with two attached hydrogens (primary N) is 1. The first kappa shape index (κ1) is 19.1. The lowest BCUT2D eigenvalue weighted by molar-refractivity contribution is 0.0878. The first-order valence-electron chi connectivity index (χ1n) is 7.37. The number of carbonyl (C=O) groups is 1. The van der Waals surface area contributed by atoms with Gasteiger partial charge >= 0.3 is 0 Å². The Labute approximate surface area is 142 Å². The molecule has 0 aliphatic carbocycles. The summed E-state index contributed by atoms with van der Waals surface area (Å²) in [5.41, 5.74) is 7.59. The van der Waals surface area contributed by atoms with Crippen LogP contribution in [-0.2, 0) is 0 Å². The molecule has 2 aromatic rings. The minimum absolute atomic E-state index is 0. The van der Waals surface area contributed by atoms with Crippen LogP contribution in [0.5, 0.6) is 0 Å². The standard InChI is InChI=1S/C16H23N5O.ClH/c1-11(2)16(4,10-17)18-15(22)14-9-21(20-19-14)13-7-5-6-12(3)8-13;/h5-9,11H,10,17H2,1-4H3,(H,18,22);1H. The van der Waals surface area contributed by atoms with Gasteiger partial charge < -0.3 is 11.1 Å². The Morgan fingerprint density at radius 1 is 1.43 bits per heavy atom. The maximum absolute atomic E-state index is 12.4. The van der Waals surface area contributed by atoms with Gasteiger partial charge in [0.05, 0.1) is 17.4 Å². The van der Waals surface area contributed by atoms with E-state index < -0.39 is 5.54 Å². The Bertz CT molecular complexity index is 670. The molecular formula is C16H24ClN5O. The minimum atomic E-state index is -0.468. The lowest BCUT2D eigenvalue weighted by Gasteiger charge is -2.33. The van der Waals surface area contributed by atoms with E-state index in [4.69, 9.17) is 5.73 Å². The normalized spacial score (nSPS) is 13.3. The molecule has 0 saturated carbocycles. The van der Waals surface area contributed by atoms with Gasteiger partial charge in [-0.2, -0.15) is 0 Å². The molecule has 23 heavy (non-hydrogen) atoms. The molecule has 7 heteroatoms. The third kappa shape index (κ3) is 4.30. The summed E-state index contributed by atoms with van der Waals surface area (Å²) in [6, 6.07) is 7.84. The SMILES string of the molecule is Cc1cccc(-n2cc(C(=O)NC(C)(CN)C(C)C)nn2)c1.Cl. The summed E-state index contributed by atoms with van der Waals surface area (Å²) in [4.78, 5) is 12.4. The highest BCUT2D eigenvalue weighted by Gasteiger charge is 2.29. The van der Waals surface area contributed by atoms with Crippen molar-refractivity contribution < 1.29 is 4.79 Å². The number of aromatic nitrogens is 3. The van der Waals surface area contributed by atoms with Crippen LogP contribution in [0.3, 0.4) is 0 Å². The average molecular weight is 338 g/mol. The molecule has 1 atom stereocenters. The molecule has 3 N–H and O–H groups in total. The Kier molecular flexibility index (Phi) is 6.29. The van der Waals surface area contributed by atoms with Crippen LogP contribution in [0, 0.1) is 12.8 Å². The van der Waals surface area contributed by atoms with Gasteiger partial charge in [0.2, 0.25) is 0 Å². The topological polar surface area (TPSA) is 85.8 Å². The molecule has 0 bridgehead atoms. The maximum atomic E-state index is 12.4. The Morgan fingerprint density at radius 3 is 2.70 bits per heavy atom. The van der Waals surface area contributed by atoms with Gasteiger partial charge in [0.1, 0.15) is 0 Å². The zero-order chi connectivity index (χ0) is 16.3. The molecule has 2 rings (SSSR count). The lowest BCUT2D eigenvalue weighted by Crippen LogP contribution is -2.55. The van der Waals surface area contributed by atoms with Gasteiger partial charge in [-0.25, -0.2) is 4.68 Å². The van der Waals surface area contributed by atoms with E-state index >= 15 is 0 Å². The lowest BCUT2D eigenvalue weighted by atomic mass is 9.88. The summed E-state index contributed by atoms with van der Waals surface area (Å²) in [7, 11) is 0. The summed E-state index contributed by atoms with van der Waals surface area (Å²) in [6.45, 7) is 8.35. The number of aryl methyl sites for hydroxylation is 1. The van der Waals surface area contributed by atoms with E-state index in [0.29, 0.717) is 6.54 Å². The highest BCUT2D eigenvalue weighted by Crippen LogP contribution is 2.16. The molecule has 1 unspecified atom stereocenters. The monoisotopic (exact) mass is 337 g/mol. The molecule has 0 spiro atoms. The van der Waals surface area contributed by atoms with Crippen LogP contribution in [0.25, 0.3) is 5.69 Å². The first-order chi connectivity index (χ1) is 10.4. The van der Waals surface area contributed by atoms with E-state index in [-0.39, 0.29) is 29.9 Å². The van der Waals surface area contributed by atoms with E-state index in [1.807, 2.05) is 52.0 Å². The molecule has 0 aliphatic heterocycles. The molecule has 1 aromatic carbocycles. The van der Waals surface area contributed by atoms with E-state index in [0.717, 1.165) is 11.3 Å². The van der Waals surface area contributed by atoms with Crippen molar-refractivity contribution in [2.75, 3.05) is 6.54 Å². The molecule has 126 valence electrons. The van der Waals surface area contributed by atoms with Crippen LogP contribution < -0.4 is 11.1 Å². The van der Waals surface area contributed by atoms with Gasteiger partial charge in [0.25, 0.3) is 5.91 Å². The maximum Gasteiger partial charge on any atom is 0.273 e. The molecule has 1 heterocycles. The fraction of sp³-hybridized carbons (Fsp3) is 0.438. The van der Waals surface area contributed by atoms with Crippen molar-refractivity contribution in [3.63, 3.8) is 0 Å². The van der Waals surface area contributed by atoms with Gasteiger partial charge in [-0.15, -0.1) is 17.5 Å². The summed E-state index contributed by atoms with van der Waals surface area (Å²) >= 11 is 0. The fourth-order valence-electron chi connectivity index (χ4n) is 2.02. The average Bonchev–Trinajstić information content (AvgIpc) is 2.97. The number of nitrogens with one attached hydrogen (secondary N) is 1. The van der Waals surface area contributed by atoms with Crippen molar-refractivity contribution >= 4 is 18.3 Å². The number of rotatable bonds is 5. The zero-order valence-corrected chi connectivity index (χ0v) is 14.7. The molecule has 1 aromatic heterocycles. The van der Waals surface area contributed by atoms with Crippen molar-refractivity contribution in [1.29, 1.82) is 0 Å². The molecule has 6 nitrogen and oxygen atoms in total. The summed E-state index contributed by atoms with van der Waals surface area (Å²) < 4.78 is 1.59. The third-order valence-corrected chi connectivity index (χ3v) is 4.09. The van der Waals surface area contributed by atoms with Crippen molar-refractivity contribution in [2.45, 2.75) is 33.2 Å². The molecule has 0 saturated heterocycles. The van der Waals surface area contributed by atoms with Gasteiger partial charge in [-0.3, -0.25) is 4.79 Å². The van der Waals surface area contributed by atoms with Crippen LogP contribution in [0.2, 0.25) is 0 Å². The third-order valence-electron chi connectivity index (χ3n) is 4.09. The Balaban J connectivity index is 0.00000264. The molecule has 1 amide bonds. The number of halogens is 1. The Hall–Kier alpha value is -1.92. The zero-order valence-electron chi connectivity index (χ0n) is 13.9. The highest BCUT2D eigenvalue weighted by molar-refractivity contribution is 5.92. The second-order valence-corrected chi connectivity index (χ2v) is 6.12. The van der Waals surface area contributed by atoms with E-state index in [2.05, 4.69) is 15.6 Å². The molecule has 0 aliphatic rings. The van der Waals surface area contributed by atoms with Crippen molar-refractivity contribution in [3.8, 4) is 5.69 Å². The van der Waals surface area contributed by atoms with Gasteiger partial charge in [0, 0.05) is 6.54 Å². The van der Waals surface area contributed by atoms with Crippen LogP contribution in [-0.4, -0.2) is 33.0 Å². The fourth-order valence-corrected chi connectivity index (χ4v) is 2.02. The van der Waals surface area contributed by atoms with E-state index in [9.17, 15) is 4.79 Å². The van der Waals surface area contributed by atoms with Gasteiger partial charge in [-0.05, 0) is 37.5 Å². The highest BCUT2D eigenvalue weighted by atomic mass is 35.5. The van der Waals surface area contributed by atoms with Gasteiger partial charge in [-0.1, -0.05) is 31.2 Å². The van der Waals surface area contributed by atoms with E-state index in [1.165, 1.54) is 0 Å². The van der Waals surface area contributed by atoms with Crippen LogP contribution in [0.4, 0.5) is 0 Å². The van der Waals surface area contributed by atoms with Crippen LogP contribution >= 0.6 is 12.4 Å². The quantitative estimate of drug-likeness (QED) is 0.874. The number of benzene rings is 1. The van der Waals surface area contributed by atoms with Crippen molar-refractivity contribution in [1.82, 2.24) is 20.3 Å². The predicted molar refractivity (Wildman–Crippen MR) is 93.1 cm³/mol. The van der Waals surface area contributed by atoms with Crippen molar-refractivity contribution in [3.05, 3.63) is 41.7 Å². The second kappa shape index (κ2) is 7.57. The van der Waals surface area contributed by atoms with Crippen LogP contribution in [0.15, 0.2) is 30.5 Å². The Morgan fingerprint density at radius 2 is 2.13 bits per heavy atom. The van der Waals surface area contributed by atoms with E-state index in [1.54, 1.807) is 10.9 Å². The molecule has 0 radical (unpaired) electrons. The molecule has 0 fully saturated rings. The predicted octanol–water partition coefficient (Wildman–Crippen LogP) is 2.10. The summed E-state index contributed by atoms with van der Waals surface area (Å²) in [5.74, 6) is -0.0474. The number of hydrogen-bond donors (Lipinski definition) is 2. The largest absolute Gasteiger partial charge is 0.344 e. The van der Waals surface area contributed by atoms with Gasteiger partial charge in [0.15, 0.2) is 5.69 Å². The van der Waals surface area contributed by atoms with Crippen LogP contribution in [0.1, 0.15) is 36.8 Å². The number of hydrogen-bond acceptors (Lipinski definition) is 4. The number of nitrogens with zero attached hydrogens (tertiary/aromatic N) is 3. The number of carbonyl (C=O) groups excluding carboxylic acids is 1. The molecular weight excluding hydrogens is 314 g/mol.